The van der Waals surface area contributed by atoms with Crippen LogP contribution >= 0.6 is 15.9 Å². The topological polar surface area (TPSA) is 12.9 Å². The minimum atomic E-state index is -0.445. The molecule has 66 valence electrons. The second-order valence-electron chi connectivity index (χ2n) is 2.60. The number of nitrogens with zero attached hydrogens (tertiary/aromatic N) is 1. The van der Waals surface area contributed by atoms with Crippen molar-refractivity contribution in [2.75, 3.05) is 0 Å². The summed E-state index contributed by atoms with van der Waals surface area (Å²) in [6, 6.07) is 5.34. The van der Waals surface area contributed by atoms with Gasteiger partial charge in [0.15, 0.2) is 5.82 Å². The van der Waals surface area contributed by atoms with Gasteiger partial charge >= 0.3 is 0 Å². The molecular weight excluding hydrogens is 240 g/mol. The lowest BCUT2D eigenvalue weighted by atomic mass is 10.2. The number of fused-ring (bicyclic) bond motifs is 1. The molecule has 0 spiro atoms. The van der Waals surface area contributed by atoms with Gasteiger partial charge in [-0.3, -0.25) is 0 Å². The lowest BCUT2D eigenvalue weighted by Crippen LogP contribution is -1.86. The molecule has 0 amide bonds. The fourth-order valence-electron chi connectivity index (χ4n) is 1.09. The van der Waals surface area contributed by atoms with Gasteiger partial charge in [0.1, 0.15) is 10.4 Å². The van der Waals surface area contributed by atoms with Crippen LogP contribution in [-0.2, 0) is 0 Å². The van der Waals surface area contributed by atoms with Crippen molar-refractivity contribution in [1.29, 1.82) is 0 Å². The van der Waals surface area contributed by atoms with Gasteiger partial charge in [-0.1, -0.05) is 0 Å². The number of benzene rings is 1. The van der Waals surface area contributed by atoms with Gasteiger partial charge < -0.3 is 0 Å². The third-order valence-electron chi connectivity index (χ3n) is 1.69. The molecule has 1 aromatic heterocycles. The van der Waals surface area contributed by atoms with Crippen LogP contribution < -0.4 is 0 Å². The maximum atomic E-state index is 12.9. The summed E-state index contributed by atoms with van der Waals surface area (Å²) in [6.07, 6.45) is 0. The van der Waals surface area contributed by atoms with E-state index in [1.807, 2.05) is 0 Å². The molecule has 4 heteroatoms. The Hall–Kier alpha value is -1.03. The van der Waals surface area contributed by atoms with Gasteiger partial charge in [-0.15, -0.1) is 0 Å². The first-order valence-corrected chi connectivity index (χ1v) is 4.37. The van der Waals surface area contributed by atoms with E-state index in [0.29, 0.717) is 10.9 Å². The fourth-order valence-corrected chi connectivity index (χ4v) is 1.40. The van der Waals surface area contributed by atoms with Crippen molar-refractivity contribution in [2.45, 2.75) is 0 Å². The molecule has 0 atom stereocenters. The Kier molecular flexibility index (Phi) is 2.00. The van der Waals surface area contributed by atoms with Gasteiger partial charge in [-0.05, 0) is 34.1 Å². The Balaban J connectivity index is 2.81. The van der Waals surface area contributed by atoms with Crippen molar-refractivity contribution in [1.82, 2.24) is 4.98 Å². The van der Waals surface area contributed by atoms with Gasteiger partial charge in [0.05, 0.1) is 5.52 Å². The maximum absolute atomic E-state index is 12.9. The number of pyridine rings is 1. The summed E-state index contributed by atoms with van der Waals surface area (Å²) in [5.74, 6) is -0.822. The molecule has 0 N–H and O–H groups in total. The van der Waals surface area contributed by atoms with E-state index in [1.165, 1.54) is 24.3 Å². The summed E-state index contributed by atoms with van der Waals surface area (Å²) >= 11 is 2.93. The van der Waals surface area contributed by atoms with Crippen LogP contribution in [0.1, 0.15) is 0 Å². The van der Waals surface area contributed by atoms with Crippen LogP contribution in [-0.4, -0.2) is 4.98 Å². The Morgan fingerprint density at radius 2 is 1.92 bits per heavy atom. The fraction of sp³-hybridized carbons (Fsp3) is 0. The normalized spacial score (nSPS) is 10.7. The Morgan fingerprint density at radius 1 is 1.15 bits per heavy atom. The predicted octanol–water partition coefficient (Wildman–Crippen LogP) is 3.28. The summed E-state index contributed by atoms with van der Waals surface area (Å²) in [6.45, 7) is 0. The number of halogens is 3. The first-order chi connectivity index (χ1) is 6.16. The molecule has 1 heterocycles. The van der Waals surface area contributed by atoms with Crippen molar-refractivity contribution in [3.63, 3.8) is 0 Å². The van der Waals surface area contributed by atoms with Crippen LogP contribution in [0.2, 0.25) is 0 Å². The van der Waals surface area contributed by atoms with E-state index >= 15 is 0 Å². The van der Waals surface area contributed by atoms with Crippen LogP contribution in [0.3, 0.4) is 0 Å². The highest BCUT2D eigenvalue weighted by molar-refractivity contribution is 9.10. The first kappa shape index (κ1) is 8.56. The lowest BCUT2D eigenvalue weighted by molar-refractivity contribution is 0.614. The lowest BCUT2D eigenvalue weighted by Gasteiger charge is -1.98. The molecule has 0 aliphatic carbocycles. The third kappa shape index (κ3) is 1.54. The van der Waals surface area contributed by atoms with Crippen molar-refractivity contribution >= 4 is 26.8 Å². The summed E-state index contributed by atoms with van der Waals surface area (Å²) in [7, 11) is 0. The molecule has 0 aliphatic rings. The van der Waals surface area contributed by atoms with Gasteiger partial charge in [0.25, 0.3) is 0 Å². The average Bonchev–Trinajstić information content (AvgIpc) is 2.08. The van der Waals surface area contributed by atoms with Crippen molar-refractivity contribution in [3.05, 3.63) is 40.5 Å². The van der Waals surface area contributed by atoms with Gasteiger partial charge in [0.2, 0.25) is 0 Å². The van der Waals surface area contributed by atoms with Crippen molar-refractivity contribution in [2.24, 2.45) is 0 Å². The molecule has 0 bridgehead atoms. The highest BCUT2D eigenvalue weighted by atomic mass is 79.9. The summed E-state index contributed by atoms with van der Waals surface area (Å²) in [4.78, 5) is 3.84. The van der Waals surface area contributed by atoms with E-state index in [4.69, 9.17) is 0 Å². The van der Waals surface area contributed by atoms with Gasteiger partial charge in [0, 0.05) is 11.5 Å². The van der Waals surface area contributed by atoms with Crippen LogP contribution in [0.15, 0.2) is 28.9 Å². The molecule has 0 unspecified atom stereocenters. The molecule has 0 saturated carbocycles. The predicted molar refractivity (Wildman–Crippen MR) is 49.4 cm³/mol. The monoisotopic (exact) mass is 243 g/mol. The van der Waals surface area contributed by atoms with E-state index in [2.05, 4.69) is 20.9 Å². The number of hydrogen-bond acceptors (Lipinski definition) is 1. The number of aromatic nitrogens is 1. The largest absolute Gasteiger partial charge is 0.238 e. The summed E-state index contributed by atoms with van der Waals surface area (Å²) in [5, 5.41) is 0.585. The average molecular weight is 244 g/mol. The molecule has 1 aromatic carbocycles. The third-order valence-corrected chi connectivity index (χ3v) is 2.25. The first-order valence-electron chi connectivity index (χ1n) is 3.58. The summed E-state index contributed by atoms with van der Waals surface area (Å²) in [5.41, 5.74) is 0.438. The van der Waals surface area contributed by atoms with Gasteiger partial charge in [-0.2, -0.15) is 0 Å². The minimum Gasteiger partial charge on any atom is -0.238 e. The Bertz CT molecular complexity index is 470. The Labute approximate surface area is 81.5 Å². The Morgan fingerprint density at radius 3 is 2.69 bits per heavy atom. The molecule has 0 aliphatic heterocycles. The van der Waals surface area contributed by atoms with E-state index in [1.54, 1.807) is 0 Å². The number of hydrogen-bond donors (Lipinski definition) is 0. The molecule has 0 radical (unpaired) electrons. The van der Waals surface area contributed by atoms with Crippen LogP contribution in [0.25, 0.3) is 10.9 Å². The zero-order valence-corrected chi connectivity index (χ0v) is 7.98. The second kappa shape index (κ2) is 3.03. The molecular formula is C9H4BrF2N. The molecule has 2 rings (SSSR count). The molecule has 2 aromatic rings. The zero-order valence-electron chi connectivity index (χ0n) is 6.39. The second-order valence-corrected chi connectivity index (χ2v) is 3.35. The van der Waals surface area contributed by atoms with E-state index in [0.717, 1.165) is 0 Å². The van der Waals surface area contributed by atoms with E-state index < -0.39 is 5.82 Å². The van der Waals surface area contributed by atoms with E-state index in [9.17, 15) is 8.78 Å². The van der Waals surface area contributed by atoms with Gasteiger partial charge in [-0.25, -0.2) is 13.8 Å². The van der Waals surface area contributed by atoms with Crippen molar-refractivity contribution in [3.8, 4) is 0 Å². The molecule has 0 saturated heterocycles. The highest BCUT2D eigenvalue weighted by Crippen LogP contribution is 2.19. The number of rotatable bonds is 0. The smallest absolute Gasteiger partial charge is 0.156 e. The highest BCUT2D eigenvalue weighted by Gasteiger charge is 2.03. The molecule has 0 fully saturated rings. The van der Waals surface area contributed by atoms with E-state index in [-0.39, 0.29) is 10.4 Å². The quantitative estimate of drug-likeness (QED) is 0.648. The molecule has 13 heavy (non-hydrogen) atoms. The maximum Gasteiger partial charge on any atom is 0.156 e. The standard InChI is InChI=1S/C9H4BrF2N/c10-9-7(12)3-5-1-2-6(11)4-8(5)13-9/h1-4H. The van der Waals surface area contributed by atoms with Crippen LogP contribution in [0.4, 0.5) is 8.78 Å². The summed E-state index contributed by atoms with van der Waals surface area (Å²) < 4.78 is 25.8. The minimum absolute atomic E-state index is 0.102. The van der Waals surface area contributed by atoms with Crippen LogP contribution in [0.5, 0.6) is 0 Å². The van der Waals surface area contributed by atoms with Crippen LogP contribution in [0, 0.1) is 11.6 Å². The SMILES string of the molecule is Fc1ccc2cc(F)c(Br)nc2c1. The van der Waals surface area contributed by atoms with Crippen molar-refractivity contribution < 1.29 is 8.78 Å². The molecule has 1 nitrogen and oxygen atoms in total. The zero-order chi connectivity index (χ0) is 9.42.